The summed E-state index contributed by atoms with van der Waals surface area (Å²) in [5.41, 5.74) is 7.87. The number of hydrogen-bond donors (Lipinski definition) is 1. The lowest BCUT2D eigenvalue weighted by atomic mass is 10.1. The van der Waals surface area contributed by atoms with Crippen LogP contribution in [0.2, 0.25) is 0 Å². The Kier molecular flexibility index (Phi) is 3.88. The Labute approximate surface area is 101 Å². The molecule has 0 atom stereocenters. The summed E-state index contributed by atoms with van der Waals surface area (Å²) < 4.78 is 5.54. The number of aromatic nitrogens is 2. The molecule has 2 aromatic rings. The first-order valence-electron chi connectivity index (χ1n) is 5.85. The van der Waals surface area contributed by atoms with Gasteiger partial charge in [-0.15, -0.1) is 10.2 Å². The first-order valence-corrected chi connectivity index (χ1v) is 5.85. The Morgan fingerprint density at radius 3 is 2.53 bits per heavy atom. The average Bonchev–Trinajstić information content (AvgIpc) is 2.77. The van der Waals surface area contributed by atoms with Gasteiger partial charge in [-0.1, -0.05) is 29.8 Å². The van der Waals surface area contributed by atoms with Crippen LogP contribution in [0, 0.1) is 6.92 Å². The van der Waals surface area contributed by atoms with Crippen LogP contribution in [0.1, 0.15) is 29.3 Å². The van der Waals surface area contributed by atoms with Gasteiger partial charge in [-0.05, 0) is 25.5 Å². The molecule has 0 unspecified atom stereocenters. The average molecular weight is 231 g/mol. The summed E-state index contributed by atoms with van der Waals surface area (Å²) in [6.45, 7) is 2.72. The fourth-order valence-electron chi connectivity index (χ4n) is 1.59. The van der Waals surface area contributed by atoms with E-state index >= 15 is 0 Å². The molecule has 2 rings (SSSR count). The highest BCUT2D eigenvalue weighted by atomic mass is 16.4. The molecular formula is C13H17N3O. The van der Waals surface area contributed by atoms with Crippen LogP contribution in [0.5, 0.6) is 0 Å². The van der Waals surface area contributed by atoms with Gasteiger partial charge in [-0.25, -0.2) is 0 Å². The first-order chi connectivity index (χ1) is 8.28. The molecule has 0 aliphatic rings. The second-order valence-corrected chi connectivity index (χ2v) is 4.14. The zero-order valence-corrected chi connectivity index (χ0v) is 10.0. The minimum atomic E-state index is 0.648. The van der Waals surface area contributed by atoms with Gasteiger partial charge in [0.1, 0.15) is 0 Å². The van der Waals surface area contributed by atoms with Crippen LogP contribution in [0.4, 0.5) is 0 Å². The van der Waals surface area contributed by atoms with Gasteiger partial charge >= 0.3 is 0 Å². The summed E-state index contributed by atoms with van der Waals surface area (Å²) in [7, 11) is 0. The number of hydrogen-bond acceptors (Lipinski definition) is 4. The van der Waals surface area contributed by atoms with E-state index in [2.05, 4.69) is 41.4 Å². The highest BCUT2D eigenvalue weighted by Gasteiger charge is 2.06. The van der Waals surface area contributed by atoms with Crippen molar-refractivity contribution in [3.63, 3.8) is 0 Å². The van der Waals surface area contributed by atoms with Crippen molar-refractivity contribution in [3.8, 4) is 0 Å². The highest BCUT2D eigenvalue weighted by Crippen LogP contribution is 2.10. The van der Waals surface area contributed by atoms with Gasteiger partial charge in [0, 0.05) is 6.42 Å². The number of benzene rings is 1. The van der Waals surface area contributed by atoms with E-state index in [1.807, 2.05) is 0 Å². The van der Waals surface area contributed by atoms with Crippen LogP contribution in [0.25, 0.3) is 0 Å². The van der Waals surface area contributed by atoms with Crippen LogP contribution in [-0.4, -0.2) is 16.7 Å². The van der Waals surface area contributed by atoms with E-state index in [1.54, 1.807) is 0 Å². The van der Waals surface area contributed by atoms with Crippen molar-refractivity contribution in [2.75, 3.05) is 6.54 Å². The van der Waals surface area contributed by atoms with Crippen LogP contribution in [-0.2, 0) is 12.8 Å². The Morgan fingerprint density at radius 1 is 1.12 bits per heavy atom. The summed E-state index contributed by atoms with van der Waals surface area (Å²) in [6.07, 6.45) is 2.33. The van der Waals surface area contributed by atoms with E-state index in [9.17, 15) is 0 Å². The molecule has 2 N–H and O–H groups in total. The van der Waals surface area contributed by atoms with Crippen molar-refractivity contribution in [3.05, 3.63) is 47.2 Å². The number of rotatable bonds is 5. The van der Waals surface area contributed by atoms with Crippen molar-refractivity contribution in [2.24, 2.45) is 5.73 Å². The lowest BCUT2D eigenvalue weighted by molar-refractivity contribution is 0.453. The third-order valence-corrected chi connectivity index (χ3v) is 2.58. The molecule has 17 heavy (non-hydrogen) atoms. The van der Waals surface area contributed by atoms with E-state index in [0.29, 0.717) is 24.7 Å². The molecule has 4 heteroatoms. The van der Waals surface area contributed by atoms with Crippen molar-refractivity contribution in [2.45, 2.75) is 26.2 Å². The molecule has 0 bridgehead atoms. The summed E-state index contributed by atoms with van der Waals surface area (Å²) in [6, 6.07) is 8.33. The number of nitrogens with two attached hydrogens (primary N) is 1. The van der Waals surface area contributed by atoms with Crippen molar-refractivity contribution < 1.29 is 4.42 Å². The lowest BCUT2D eigenvalue weighted by Gasteiger charge is -1.97. The van der Waals surface area contributed by atoms with Crippen molar-refractivity contribution in [1.29, 1.82) is 0 Å². The van der Waals surface area contributed by atoms with Crippen molar-refractivity contribution >= 4 is 0 Å². The molecule has 0 amide bonds. The smallest absolute Gasteiger partial charge is 0.220 e. The summed E-state index contributed by atoms with van der Waals surface area (Å²) in [5, 5.41) is 8.02. The van der Waals surface area contributed by atoms with Crippen LogP contribution in [0.3, 0.4) is 0 Å². The van der Waals surface area contributed by atoms with Gasteiger partial charge in [0.2, 0.25) is 11.8 Å². The molecule has 1 aromatic carbocycles. The third-order valence-electron chi connectivity index (χ3n) is 2.58. The van der Waals surface area contributed by atoms with Crippen LogP contribution in [0.15, 0.2) is 28.7 Å². The SMILES string of the molecule is Cc1ccc(Cc2nnc(CCCN)o2)cc1. The molecule has 1 aromatic heterocycles. The monoisotopic (exact) mass is 231 g/mol. The van der Waals surface area contributed by atoms with Gasteiger partial charge in [-0.3, -0.25) is 0 Å². The Morgan fingerprint density at radius 2 is 1.82 bits per heavy atom. The molecule has 1 heterocycles. The van der Waals surface area contributed by atoms with Gasteiger partial charge in [-0.2, -0.15) is 0 Å². The minimum absolute atomic E-state index is 0.648. The molecule has 0 fully saturated rings. The van der Waals surface area contributed by atoms with Crippen LogP contribution < -0.4 is 5.73 Å². The maximum Gasteiger partial charge on any atom is 0.220 e. The summed E-state index contributed by atoms with van der Waals surface area (Å²) >= 11 is 0. The molecule has 0 radical (unpaired) electrons. The quantitative estimate of drug-likeness (QED) is 0.853. The summed E-state index contributed by atoms with van der Waals surface area (Å²) in [4.78, 5) is 0. The maximum atomic E-state index is 5.54. The lowest BCUT2D eigenvalue weighted by Crippen LogP contribution is -2.00. The molecule has 0 saturated carbocycles. The fourth-order valence-corrected chi connectivity index (χ4v) is 1.59. The molecule has 0 spiro atoms. The molecule has 0 aliphatic carbocycles. The number of nitrogens with zero attached hydrogens (tertiary/aromatic N) is 2. The maximum absolute atomic E-state index is 5.54. The van der Waals surface area contributed by atoms with Crippen LogP contribution >= 0.6 is 0 Å². The molecule has 90 valence electrons. The Balaban J connectivity index is 1.98. The second kappa shape index (κ2) is 5.59. The van der Waals surface area contributed by atoms with E-state index in [4.69, 9.17) is 10.2 Å². The highest BCUT2D eigenvalue weighted by molar-refractivity contribution is 5.23. The molecule has 4 nitrogen and oxygen atoms in total. The van der Waals surface area contributed by atoms with Gasteiger partial charge in [0.25, 0.3) is 0 Å². The normalized spacial score (nSPS) is 10.7. The predicted molar refractivity (Wildman–Crippen MR) is 65.7 cm³/mol. The van der Waals surface area contributed by atoms with E-state index in [1.165, 1.54) is 11.1 Å². The topological polar surface area (TPSA) is 64.9 Å². The standard InChI is InChI=1S/C13H17N3O/c1-10-4-6-11(7-5-10)9-13-16-15-12(17-13)3-2-8-14/h4-7H,2-3,8-9,14H2,1H3. The largest absolute Gasteiger partial charge is 0.425 e. The molecular weight excluding hydrogens is 214 g/mol. The second-order valence-electron chi connectivity index (χ2n) is 4.14. The van der Waals surface area contributed by atoms with E-state index < -0.39 is 0 Å². The van der Waals surface area contributed by atoms with E-state index in [-0.39, 0.29) is 0 Å². The van der Waals surface area contributed by atoms with Crippen molar-refractivity contribution in [1.82, 2.24) is 10.2 Å². The molecule has 0 aliphatic heterocycles. The van der Waals surface area contributed by atoms with Gasteiger partial charge in [0.05, 0.1) is 6.42 Å². The zero-order valence-electron chi connectivity index (χ0n) is 10.0. The van der Waals surface area contributed by atoms with Gasteiger partial charge in [0.15, 0.2) is 0 Å². The predicted octanol–water partition coefficient (Wildman–Crippen LogP) is 1.86. The first kappa shape index (κ1) is 11.8. The fraction of sp³-hybridized carbons (Fsp3) is 0.385. The molecule has 0 saturated heterocycles. The Bertz CT molecular complexity index is 462. The third kappa shape index (κ3) is 3.39. The Hall–Kier alpha value is -1.68. The summed E-state index contributed by atoms with van der Waals surface area (Å²) in [5.74, 6) is 1.35. The van der Waals surface area contributed by atoms with E-state index in [0.717, 1.165) is 12.8 Å². The zero-order chi connectivity index (χ0) is 12.1. The number of aryl methyl sites for hydroxylation is 2. The van der Waals surface area contributed by atoms with Gasteiger partial charge < -0.3 is 10.2 Å². The minimum Gasteiger partial charge on any atom is -0.425 e.